The molecule has 0 radical (unpaired) electrons. The monoisotopic (exact) mass is 392 g/mol. The first kappa shape index (κ1) is 20.8. The molecular formula is C21H32N2O5. The number of hydrogen-bond donors (Lipinski definition) is 2. The van der Waals surface area contributed by atoms with Crippen LogP contribution in [0.1, 0.15) is 58.8 Å². The van der Waals surface area contributed by atoms with Gasteiger partial charge in [-0.25, -0.2) is 4.79 Å². The van der Waals surface area contributed by atoms with Gasteiger partial charge in [0.05, 0.1) is 12.7 Å². The number of ether oxygens (including phenoxy) is 1. The van der Waals surface area contributed by atoms with Gasteiger partial charge in [0.25, 0.3) is 0 Å². The van der Waals surface area contributed by atoms with Crippen molar-refractivity contribution in [3.05, 3.63) is 12.2 Å². The number of esters is 1. The number of rotatable bonds is 2. The second kappa shape index (κ2) is 8.64. The lowest BCUT2D eigenvalue weighted by molar-refractivity contribution is -0.150. The lowest BCUT2D eigenvalue weighted by Gasteiger charge is -2.28. The van der Waals surface area contributed by atoms with E-state index in [4.69, 9.17) is 4.74 Å². The van der Waals surface area contributed by atoms with E-state index in [-0.39, 0.29) is 43.2 Å². The topological polar surface area (TPSA) is 95.9 Å². The van der Waals surface area contributed by atoms with Gasteiger partial charge in [0, 0.05) is 24.8 Å². The second-order valence-corrected chi connectivity index (χ2v) is 8.35. The summed E-state index contributed by atoms with van der Waals surface area (Å²) in [6.45, 7) is 4.04. The Morgan fingerprint density at radius 2 is 2.14 bits per heavy atom. The van der Waals surface area contributed by atoms with Crippen LogP contribution in [0.4, 0.5) is 0 Å². The number of fused-ring (bicyclic) bond motifs is 2. The first-order valence-electron chi connectivity index (χ1n) is 10.5. The smallest absolute Gasteiger partial charge is 0.332 e. The Labute approximate surface area is 166 Å². The zero-order chi connectivity index (χ0) is 20.3. The molecule has 7 heteroatoms. The molecule has 3 rings (SSSR count). The predicted octanol–water partition coefficient (Wildman–Crippen LogP) is 1.54. The van der Waals surface area contributed by atoms with Crippen LogP contribution in [0.5, 0.6) is 0 Å². The summed E-state index contributed by atoms with van der Waals surface area (Å²) in [6, 6.07) is -0.744. The molecule has 2 heterocycles. The highest BCUT2D eigenvalue weighted by atomic mass is 16.5. The number of aliphatic hydroxyl groups is 1. The van der Waals surface area contributed by atoms with Crippen LogP contribution in [-0.4, -0.2) is 58.6 Å². The number of allylic oxidation sites excluding steroid dienone is 1. The molecule has 5 atom stereocenters. The Hall–Kier alpha value is -1.89. The minimum absolute atomic E-state index is 0.0879. The summed E-state index contributed by atoms with van der Waals surface area (Å²) < 4.78 is 5.22. The zero-order valence-electron chi connectivity index (χ0n) is 16.9. The van der Waals surface area contributed by atoms with Crippen molar-refractivity contribution < 1.29 is 24.2 Å². The summed E-state index contributed by atoms with van der Waals surface area (Å²) in [6.07, 6.45) is 8.81. The molecule has 2 N–H and O–H groups in total. The fraction of sp³-hybridized carbons (Fsp3) is 0.762. The maximum atomic E-state index is 13.0. The molecule has 2 amide bonds. The lowest BCUT2D eigenvalue weighted by atomic mass is 10.0. The lowest BCUT2D eigenvalue weighted by Crippen LogP contribution is -2.54. The maximum Gasteiger partial charge on any atom is 0.332 e. The molecular weight excluding hydrogens is 360 g/mol. The molecule has 28 heavy (non-hydrogen) atoms. The van der Waals surface area contributed by atoms with Gasteiger partial charge in [0.15, 0.2) is 0 Å². The summed E-state index contributed by atoms with van der Waals surface area (Å²) in [5.74, 6) is -1.17. The highest BCUT2D eigenvalue weighted by molar-refractivity contribution is 5.95. The molecule has 7 nitrogen and oxygen atoms in total. The van der Waals surface area contributed by atoms with Crippen molar-refractivity contribution in [1.82, 2.24) is 10.2 Å². The van der Waals surface area contributed by atoms with Crippen molar-refractivity contribution in [1.29, 1.82) is 0 Å². The minimum Gasteiger partial charge on any atom is -0.464 e. The summed E-state index contributed by atoms with van der Waals surface area (Å²) in [4.78, 5) is 40.0. The Bertz CT molecular complexity index is 649. The molecule has 0 bridgehead atoms. The first-order valence-corrected chi connectivity index (χ1v) is 10.5. The van der Waals surface area contributed by atoms with Crippen LogP contribution in [0.25, 0.3) is 0 Å². The highest BCUT2D eigenvalue weighted by Crippen LogP contribution is 2.46. The number of nitrogens with zero attached hydrogens (tertiary/aromatic N) is 1. The summed E-state index contributed by atoms with van der Waals surface area (Å²) in [5.41, 5.74) is -1.04. The normalized spacial score (nSPS) is 37.8. The number of amides is 2. The fourth-order valence-electron chi connectivity index (χ4n) is 4.38. The van der Waals surface area contributed by atoms with Gasteiger partial charge in [-0.15, -0.1) is 0 Å². The number of carbonyl (C=O) groups is 3. The van der Waals surface area contributed by atoms with E-state index in [0.717, 1.165) is 32.1 Å². The van der Waals surface area contributed by atoms with Crippen LogP contribution >= 0.6 is 0 Å². The van der Waals surface area contributed by atoms with Gasteiger partial charge in [0.2, 0.25) is 11.8 Å². The number of hydrogen-bond acceptors (Lipinski definition) is 5. The van der Waals surface area contributed by atoms with Crippen LogP contribution in [0.3, 0.4) is 0 Å². The minimum atomic E-state index is -1.04. The third-order valence-corrected chi connectivity index (χ3v) is 6.16. The number of carbonyl (C=O) groups excluding carboxylic acids is 3. The van der Waals surface area contributed by atoms with Crippen LogP contribution in [0.15, 0.2) is 12.2 Å². The van der Waals surface area contributed by atoms with Crippen molar-refractivity contribution in [2.45, 2.75) is 76.5 Å². The highest BCUT2D eigenvalue weighted by Gasteiger charge is 2.62. The maximum absolute atomic E-state index is 13.0. The third-order valence-electron chi connectivity index (χ3n) is 6.16. The van der Waals surface area contributed by atoms with Crippen molar-refractivity contribution in [2.75, 3.05) is 13.2 Å². The molecule has 2 aliphatic heterocycles. The summed E-state index contributed by atoms with van der Waals surface area (Å²) >= 11 is 0. The average molecular weight is 392 g/mol. The van der Waals surface area contributed by atoms with E-state index >= 15 is 0 Å². The van der Waals surface area contributed by atoms with Crippen LogP contribution in [-0.2, 0) is 19.1 Å². The molecule has 0 aromatic heterocycles. The zero-order valence-corrected chi connectivity index (χ0v) is 16.9. The molecule has 3 aliphatic rings. The Morgan fingerprint density at radius 1 is 1.36 bits per heavy atom. The fourth-order valence-corrected chi connectivity index (χ4v) is 4.38. The predicted molar refractivity (Wildman–Crippen MR) is 103 cm³/mol. The Kier molecular flexibility index (Phi) is 6.43. The molecule has 2 fully saturated rings. The van der Waals surface area contributed by atoms with Crippen molar-refractivity contribution >= 4 is 17.8 Å². The van der Waals surface area contributed by atoms with E-state index in [2.05, 4.69) is 11.4 Å². The molecule has 0 spiro atoms. The van der Waals surface area contributed by atoms with Gasteiger partial charge in [-0.3, -0.25) is 9.59 Å². The van der Waals surface area contributed by atoms with Crippen molar-refractivity contribution in [3.8, 4) is 0 Å². The van der Waals surface area contributed by atoms with Crippen molar-refractivity contribution in [3.63, 3.8) is 0 Å². The molecule has 156 valence electrons. The van der Waals surface area contributed by atoms with E-state index < -0.39 is 23.7 Å². The van der Waals surface area contributed by atoms with Gasteiger partial charge in [-0.1, -0.05) is 31.9 Å². The summed E-state index contributed by atoms with van der Waals surface area (Å²) in [5, 5.41) is 13.0. The average Bonchev–Trinajstić information content (AvgIpc) is 3.21. The largest absolute Gasteiger partial charge is 0.464 e. The van der Waals surface area contributed by atoms with Gasteiger partial charge >= 0.3 is 5.97 Å². The number of aliphatic hydroxyl groups excluding tert-OH is 1. The van der Waals surface area contributed by atoms with Gasteiger partial charge < -0.3 is 20.1 Å². The Morgan fingerprint density at radius 3 is 2.89 bits per heavy atom. The second-order valence-electron chi connectivity index (χ2n) is 8.35. The van der Waals surface area contributed by atoms with E-state index in [0.29, 0.717) is 6.42 Å². The standard InChI is InChI=1S/C21H32N2O5/c1-3-28-20(27)21-12-15(21)10-8-6-4-5-7-9-14(2)19(26)23-13-16(24)11-17(23)18(25)22-21/h8,10,14-17,24H,3-7,9,11-13H2,1-2H3,(H,22,25)/b10-8-/t14-,15-,16-,17-,21+/m0/s1. The van der Waals surface area contributed by atoms with E-state index in [1.54, 1.807) is 6.92 Å². The van der Waals surface area contributed by atoms with Gasteiger partial charge in [-0.2, -0.15) is 0 Å². The van der Waals surface area contributed by atoms with E-state index in [1.165, 1.54) is 4.90 Å². The van der Waals surface area contributed by atoms with Gasteiger partial charge in [-0.05, 0) is 32.6 Å². The SMILES string of the molecule is CCOC(=O)[C@@]12C[C@@H]1/C=C\CCCCC[C@H](C)C(=O)N1C[C@@H](O)C[C@H]1C(=O)N2. The van der Waals surface area contributed by atoms with E-state index in [1.807, 2.05) is 13.0 Å². The van der Waals surface area contributed by atoms with Crippen LogP contribution in [0.2, 0.25) is 0 Å². The summed E-state index contributed by atoms with van der Waals surface area (Å²) in [7, 11) is 0. The first-order chi connectivity index (χ1) is 13.4. The molecule has 0 aromatic rings. The molecule has 0 aromatic carbocycles. The van der Waals surface area contributed by atoms with Gasteiger partial charge in [0.1, 0.15) is 11.6 Å². The molecule has 0 unspecified atom stereocenters. The van der Waals surface area contributed by atoms with E-state index in [9.17, 15) is 19.5 Å². The quantitative estimate of drug-likeness (QED) is 0.549. The third kappa shape index (κ3) is 4.24. The van der Waals surface area contributed by atoms with Crippen molar-refractivity contribution in [2.24, 2.45) is 11.8 Å². The molecule has 1 saturated carbocycles. The van der Waals surface area contributed by atoms with Crippen LogP contribution in [0, 0.1) is 11.8 Å². The molecule has 1 saturated heterocycles. The van der Waals surface area contributed by atoms with Crippen LogP contribution < -0.4 is 5.32 Å². The Balaban J connectivity index is 1.84. The number of nitrogens with one attached hydrogen (secondary N) is 1. The molecule has 1 aliphatic carbocycles.